The van der Waals surface area contributed by atoms with Crippen molar-refractivity contribution in [3.63, 3.8) is 0 Å². The maximum Gasteiger partial charge on any atom is 0.326 e. The molecule has 0 radical (unpaired) electrons. The summed E-state index contributed by atoms with van der Waals surface area (Å²) in [4.78, 5) is 25.7. The first kappa shape index (κ1) is 15.5. The zero-order chi connectivity index (χ0) is 15.6. The van der Waals surface area contributed by atoms with Gasteiger partial charge in [0, 0.05) is 20.1 Å². The number of carbonyl (C=O) groups is 2. The molecule has 0 spiro atoms. The van der Waals surface area contributed by atoms with E-state index < -0.39 is 17.6 Å². The van der Waals surface area contributed by atoms with Crippen molar-refractivity contribution in [1.29, 1.82) is 0 Å². The molecule has 1 aromatic carbocycles. The van der Waals surface area contributed by atoms with E-state index in [9.17, 15) is 14.7 Å². The Balaban J connectivity index is 2.37. The Morgan fingerprint density at radius 2 is 2.00 bits per heavy atom. The van der Waals surface area contributed by atoms with Crippen LogP contribution in [0.2, 0.25) is 0 Å². The molecule has 5 heteroatoms. The third kappa shape index (κ3) is 2.78. The van der Waals surface area contributed by atoms with E-state index in [0.717, 1.165) is 11.1 Å². The summed E-state index contributed by atoms with van der Waals surface area (Å²) in [6.45, 7) is 3.87. The summed E-state index contributed by atoms with van der Waals surface area (Å²) in [5.74, 6) is -1.25. The van der Waals surface area contributed by atoms with Crippen LogP contribution in [0.1, 0.15) is 31.4 Å². The van der Waals surface area contributed by atoms with Crippen LogP contribution >= 0.6 is 0 Å². The molecule has 1 heterocycles. The highest BCUT2D eigenvalue weighted by Gasteiger charge is 2.42. The number of carbonyl (C=O) groups excluding carboxylic acids is 1. The van der Waals surface area contributed by atoms with Crippen LogP contribution < -0.4 is 0 Å². The Kier molecular flexibility index (Phi) is 4.32. The number of nitrogens with zero attached hydrogens (tertiary/aromatic N) is 1. The van der Waals surface area contributed by atoms with Gasteiger partial charge in [-0.25, -0.2) is 4.79 Å². The van der Waals surface area contributed by atoms with Gasteiger partial charge in [0.2, 0.25) is 0 Å². The summed E-state index contributed by atoms with van der Waals surface area (Å²) in [5.41, 5.74) is 1.00. The van der Waals surface area contributed by atoms with E-state index in [1.807, 2.05) is 31.2 Å². The number of methoxy groups -OCH3 is 1. The van der Waals surface area contributed by atoms with Gasteiger partial charge in [-0.2, -0.15) is 0 Å². The number of hydrogen-bond donors (Lipinski definition) is 1. The van der Waals surface area contributed by atoms with Crippen LogP contribution in [0.15, 0.2) is 24.3 Å². The largest absolute Gasteiger partial charge is 0.480 e. The number of benzene rings is 1. The molecule has 114 valence electrons. The number of carboxylic acids is 1. The van der Waals surface area contributed by atoms with Gasteiger partial charge in [0.25, 0.3) is 5.91 Å². The Hall–Kier alpha value is -1.88. The Morgan fingerprint density at radius 3 is 2.52 bits per heavy atom. The highest BCUT2D eigenvalue weighted by atomic mass is 16.5. The summed E-state index contributed by atoms with van der Waals surface area (Å²) < 4.78 is 5.33. The average molecular weight is 291 g/mol. The van der Waals surface area contributed by atoms with E-state index in [1.165, 1.54) is 12.0 Å². The minimum Gasteiger partial charge on any atom is -0.480 e. The van der Waals surface area contributed by atoms with Crippen molar-refractivity contribution >= 4 is 11.9 Å². The molecule has 0 bridgehead atoms. The molecule has 21 heavy (non-hydrogen) atoms. The maximum absolute atomic E-state index is 12.7. The van der Waals surface area contributed by atoms with Gasteiger partial charge in [0.1, 0.15) is 11.6 Å². The van der Waals surface area contributed by atoms with Crippen molar-refractivity contribution in [2.24, 2.45) is 0 Å². The van der Waals surface area contributed by atoms with Gasteiger partial charge in [-0.1, -0.05) is 31.2 Å². The number of ether oxygens (including phenoxy) is 1. The summed E-state index contributed by atoms with van der Waals surface area (Å²) in [6.07, 6.45) is 0.827. The van der Waals surface area contributed by atoms with E-state index in [4.69, 9.17) is 4.74 Å². The molecular weight excluding hydrogens is 270 g/mol. The lowest BCUT2D eigenvalue weighted by Crippen LogP contribution is -2.56. The molecule has 1 aromatic rings. The first-order chi connectivity index (χ1) is 9.92. The lowest BCUT2D eigenvalue weighted by Gasteiger charge is -2.39. The van der Waals surface area contributed by atoms with Gasteiger partial charge in [0.05, 0.1) is 0 Å². The van der Waals surface area contributed by atoms with Crippen LogP contribution in [0.5, 0.6) is 0 Å². The van der Waals surface area contributed by atoms with Crippen molar-refractivity contribution in [2.75, 3.05) is 7.11 Å². The second-order valence-electron chi connectivity index (χ2n) is 5.55. The minimum absolute atomic E-state index is 0.269. The Bertz CT molecular complexity index is 551. The monoisotopic (exact) mass is 291 g/mol. The maximum atomic E-state index is 12.7. The third-order valence-electron chi connectivity index (χ3n) is 4.37. The molecule has 2 rings (SSSR count). The van der Waals surface area contributed by atoms with E-state index in [1.54, 1.807) is 6.92 Å². The van der Waals surface area contributed by atoms with Crippen LogP contribution in [-0.2, 0) is 27.3 Å². The van der Waals surface area contributed by atoms with Gasteiger partial charge < -0.3 is 14.7 Å². The predicted molar refractivity (Wildman–Crippen MR) is 77.8 cm³/mol. The van der Waals surface area contributed by atoms with E-state index in [-0.39, 0.29) is 5.91 Å². The van der Waals surface area contributed by atoms with E-state index in [2.05, 4.69) is 0 Å². The molecule has 0 saturated heterocycles. The molecule has 2 atom stereocenters. The number of fused-ring (bicyclic) bond motifs is 1. The van der Waals surface area contributed by atoms with Gasteiger partial charge in [0.15, 0.2) is 0 Å². The second kappa shape index (κ2) is 5.85. The van der Waals surface area contributed by atoms with Crippen LogP contribution in [0, 0.1) is 0 Å². The summed E-state index contributed by atoms with van der Waals surface area (Å²) in [6, 6.07) is 6.80. The van der Waals surface area contributed by atoms with Crippen LogP contribution in [0.4, 0.5) is 0 Å². The van der Waals surface area contributed by atoms with Crippen molar-refractivity contribution in [2.45, 2.75) is 44.9 Å². The summed E-state index contributed by atoms with van der Waals surface area (Å²) in [5, 5.41) is 9.46. The Labute approximate surface area is 124 Å². The fraction of sp³-hybridized carbons (Fsp3) is 0.500. The van der Waals surface area contributed by atoms with Crippen molar-refractivity contribution in [3.8, 4) is 0 Å². The quantitative estimate of drug-likeness (QED) is 0.919. The van der Waals surface area contributed by atoms with E-state index >= 15 is 0 Å². The highest BCUT2D eigenvalue weighted by Crippen LogP contribution is 2.28. The van der Waals surface area contributed by atoms with Crippen molar-refractivity contribution in [1.82, 2.24) is 4.90 Å². The average Bonchev–Trinajstić information content (AvgIpc) is 2.52. The van der Waals surface area contributed by atoms with Crippen molar-refractivity contribution in [3.05, 3.63) is 35.4 Å². The van der Waals surface area contributed by atoms with Crippen LogP contribution in [0.25, 0.3) is 0 Å². The van der Waals surface area contributed by atoms with Gasteiger partial charge >= 0.3 is 5.97 Å². The highest BCUT2D eigenvalue weighted by molar-refractivity contribution is 5.89. The molecule has 1 unspecified atom stereocenters. The van der Waals surface area contributed by atoms with E-state index in [0.29, 0.717) is 19.4 Å². The van der Waals surface area contributed by atoms with Crippen LogP contribution in [-0.4, -0.2) is 40.6 Å². The topological polar surface area (TPSA) is 66.8 Å². The SMILES string of the molecule is CCC(C)(OC)C(=O)N1Cc2ccccc2C[C@H]1C(=O)O. The number of hydrogen-bond acceptors (Lipinski definition) is 3. The lowest BCUT2D eigenvalue weighted by molar-refractivity contribution is -0.164. The molecular formula is C16H21NO4. The number of aliphatic carboxylic acids is 1. The molecule has 1 aliphatic rings. The summed E-state index contributed by atoms with van der Waals surface area (Å²) >= 11 is 0. The standard InChI is InChI=1S/C16H21NO4/c1-4-16(2,21-3)15(20)17-10-12-8-6-5-7-11(12)9-13(17)14(18)19/h5-8,13H,4,9-10H2,1-3H3,(H,18,19)/t13-,16?/m0/s1. The molecule has 5 nitrogen and oxygen atoms in total. The number of rotatable bonds is 4. The third-order valence-corrected chi connectivity index (χ3v) is 4.37. The van der Waals surface area contributed by atoms with Crippen molar-refractivity contribution < 1.29 is 19.4 Å². The molecule has 1 amide bonds. The molecule has 0 aliphatic carbocycles. The first-order valence-electron chi connectivity index (χ1n) is 7.08. The van der Waals surface area contributed by atoms with Crippen LogP contribution in [0.3, 0.4) is 0 Å². The van der Waals surface area contributed by atoms with Gasteiger partial charge in [-0.3, -0.25) is 4.79 Å². The fourth-order valence-electron chi connectivity index (χ4n) is 2.64. The zero-order valence-corrected chi connectivity index (χ0v) is 12.6. The summed E-state index contributed by atoms with van der Waals surface area (Å²) in [7, 11) is 1.48. The minimum atomic E-state index is -0.986. The van der Waals surface area contributed by atoms with Gasteiger partial charge in [-0.15, -0.1) is 0 Å². The smallest absolute Gasteiger partial charge is 0.326 e. The molecule has 0 aromatic heterocycles. The van der Waals surface area contributed by atoms with Gasteiger partial charge in [-0.05, 0) is 24.5 Å². The number of amides is 1. The zero-order valence-electron chi connectivity index (χ0n) is 12.6. The fourth-order valence-corrected chi connectivity index (χ4v) is 2.64. The second-order valence-corrected chi connectivity index (χ2v) is 5.55. The molecule has 0 saturated carbocycles. The first-order valence-corrected chi connectivity index (χ1v) is 7.08. The Morgan fingerprint density at radius 1 is 1.38 bits per heavy atom. The predicted octanol–water partition coefficient (Wildman–Crippen LogP) is 1.84. The normalized spacial score (nSPS) is 20.5. The molecule has 0 fully saturated rings. The number of carboxylic acid groups (broad SMARTS) is 1. The lowest BCUT2D eigenvalue weighted by atomic mass is 9.91. The molecule has 1 aliphatic heterocycles. The molecule has 1 N–H and O–H groups in total.